The van der Waals surface area contributed by atoms with Crippen LogP contribution < -0.4 is 17.2 Å². The van der Waals surface area contributed by atoms with Crippen molar-refractivity contribution in [1.29, 1.82) is 0 Å². The largest absolute Gasteiger partial charge is 0.458 e. The minimum absolute atomic E-state index is 0.0702. The molecule has 0 atom stereocenters. The van der Waals surface area contributed by atoms with Crippen LogP contribution in [0.15, 0.2) is 29.4 Å². The molecule has 1 aromatic heterocycles. The van der Waals surface area contributed by atoms with Gasteiger partial charge in [0.25, 0.3) is 0 Å². The number of hydrogen-bond donors (Lipinski definition) is 3. The van der Waals surface area contributed by atoms with E-state index in [9.17, 15) is 4.79 Å². The highest BCUT2D eigenvalue weighted by molar-refractivity contribution is 6.29. The normalized spacial score (nSPS) is 12.1. The third-order valence-corrected chi connectivity index (χ3v) is 3.12. The summed E-state index contributed by atoms with van der Waals surface area (Å²) in [4.78, 5) is 11.5. The van der Waals surface area contributed by atoms with Gasteiger partial charge < -0.3 is 31.4 Å². The number of nitrogens with two attached hydrogens (primary N) is 3. The number of aromatic nitrogens is 2. The summed E-state index contributed by atoms with van der Waals surface area (Å²) in [5.74, 6) is -0.308. The quantitative estimate of drug-likeness (QED) is 0.227. The summed E-state index contributed by atoms with van der Waals surface area (Å²) in [6.07, 6.45) is 4.83. The van der Waals surface area contributed by atoms with Crippen molar-refractivity contribution in [1.82, 2.24) is 9.78 Å². The average molecular weight is 402 g/mol. The van der Waals surface area contributed by atoms with Gasteiger partial charge in [0.15, 0.2) is 0 Å². The number of nitrogens with zero attached hydrogens (tertiary/aromatic N) is 2. The number of carbonyl (C=O) groups is 1. The molecule has 9 nitrogen and oxygen atoms in total. The zero-order valence-electron chi connectivity index (χ0n) is 15.9. The van der Waals surface area contributed by atoms with E-state index in [0.29, 0.717) is 37.5 Å². The first-order valence-electron chi connectivity index (χ1n) is 8.36. The van der Waals surface area contributed by atoms with Gasteiger partial charge in [-0.25, -0.2) is 4.79 Å². The zero-order chi connectivity index (χ0) is 20.4. The minimum Gasteiger partial charge on any atom is -0.458 e. The van der Waals surface area contributed by atoms with Gasteiger partial charge in [-0.2, -0.15) is 5.10 Å². The highest BCUT2D eigenvalue weighted by Crippen LogP contribution is 2.17. The Labute approximate surface area is 164 Å². The molecule has 0 saturated carbocycles. The van der Waals surface area contributed by atoms with E-state index >= 15 is 0 Å². The molecule has 0 spiro atoms. The number of rotatable bonds is 10. The van der Waals surface area contributed by atoms with E-state index in [0.717, 1.165) is 0 Å². The maximum atomic E-state index is 11.5. The number of allylic oxidation sites excluding steroid dienone is 2. The lowest BCUT2D eigenvalue weighted by molar-refractivity contribution is -0.160. The van der Waals surface area contributed by atoms with Gasteiger partial charge in [0.05, 0.1) is 37.7 Å². The Kier molecular flexibility index (Phi) is 9.13. The van der Waals surface area contributed by atoms with E-state index in [1.807, 2.05) is 0 Å². The van der Waals surface area contributed by atoms with Crippen molar-refractivity contribution in [3.8, 4) is 0 Å². The number of hydrogen-bond acceptors (Lipinski definition) is 8. The molecule has 1 heterocycles. The van der Waals surface area contributed by atoms with E-state index in [-0.39, 0.29) is 17.6 Å². The number of halogens is 1. The second-order valence-corrected chi connectivity index (χ2v) is 7.08. The number of esters is 1. The molecule has 0 aliphatic rings. The molecule has 152 valence electrons. The smallest absolute Gasteiger partial charge is 0.332 e. The summed E-state index contributed by atoms with van der Waals surface area (Å²) in [5.41, 5.74) is 17.4. The summed E-state index contributed by atoms with van der Waals surface area (Å²) >= 11 is 5.67. The molecule has 10 heteroatoms. The number of ether oxygens (including phenoxy) is 3. The van der Waals surface area contributed by atoms with Crippen molar-refractivity contribution in [2.45, 2.75) is 32.9 Å². The molecule has 0 radical (unpaired) electrons. The van der Waals surface area contributed by atoms with Gasteiger partial charge in [-0.1, -0.05) is 11.6 Å². The first-order chi connectivity index (χ1) is 12.6. The van der Waals surface area contributed by atoms with Crippen molar-refractivity contribution in [3.63, 3.8) is 0 Å². The molecule has 0 unspecified atom stereocenters. The van der Waals surface area contributed by atoms with Gasteiger partial charge in [0.2, 0.25) is 0 Å². The fourth-order valence-corrected chi connectivity index (χ4v) is 2.11. The van der Waals surface area contributed by atoms with E-state index in [2.05, 4.69) is 5.10 Å². The van der Waals surface area contributed by atoms with Gasteiger partial charge in [-0.15, -0.1) is 0 Å². The highest BCUT2D eigenvalue weighted by Gasteiger charge is 2.15. The third kappa shape index (κ3) is 9.88. The van der Waals surface area contributed by atoms with Crippen LogP contribution in [0.2, 0.25) is 0 Å². The third-order valence-electron chi connectivity index (χ3n) is 3.01. The predicted molar refractivity (Wildman–Crippen MR) is 103 cm³/mol. The lowest BCUT2D eigenvalue weighted by Gasteiger charge is -2.19. The van der Waals surface area contributed by atoms with Crippen molar-refractivity contribution in [2.75, 3.05) is 26.4 Å². The summed E-state index contributed by atoms with van der Waals surface area (Å²) in [6.45, 7) is 6.88. The van der Waals surface area contributed by atoms with E-state index in [1.54, 1.807) is 37.8 Å². The van der Waals surface area contributed by atoms with Crippen LogP contribution in [0, 0.1) is 0 Å². The predicted octanol–water partition coefficient (Wildman–Crippen LogP) is 0.883. The molecular formula is C17H28ClN5O4. The molecule has 0 amide bonds. The average Bonchev–Trinajstić information content (AvgIpc) is 2.98. The molecule has 0 fully saturated rings. The Bertz CT molecular complexity index is 671. The summed E-state index contributed by atoms with van der Waals surface area (Å²) in [6, 6.07) is 0. The van der Waals surface area contributed by atoms with Crippen LogP contribution in [0.1, 0.15) is 26.3 Å². The van der Waals surface area contributed by atoms with Gasteiger partial charge in [0.1, 0.15) is 18.0 Å². The molecule has 0 aliphatic heterocycles. The molecule has 0 bridgehead atoms. The second-order valence-electron chi connectivity index (χ2n) is 6.64. The molecule has 0 aliphatic carbocycles. The van der Waals surface area contributed by atoms with Crippen molar-refractivity contribution in [3.05, 3.63) is 35.0 Å². The lowest BCUT2D eigenvalue weighted by Crippen LogP contribution is -2.27. The van der Waals surface area contributed by atoms with Crippen LogP contribution >= 0.6 is 11.6 Å². The Morgan fingerprint density at radius 1 is 1.22 bits per heavy atom. The van der Waals surface area contributed by atoms with Crippen molar-refractivity contribution in [2.24, 2.45) is 17.2 Å². The van der Waals surface area contributed by atoms with Crippen LogP contribution in [0.5, 0.6) is 0 Å². The molecule has 0 aromatic carbocycles. The van der Waals surface area contributed by atoms with Crippen LogP contribution in [-0.4, -0.2) is 47.8 Å². The lowest BCUT2D eigenvalue weighted by atomic mass is 10.1. The first kappa shape index (κ1) is 22.8. The molecule has 1 rings (SSSR count). The maximum Gasteiger partial charge on any atom is 0.332 e. The molecule has 6 N–H and O–H groups in total. The zero-order valence-corrected chi connectivity index (χ0v) is 16.7. The SMILES string of the molecule is CC(C)(C)OC(=O)COCCOCCn1cc(C(/C=C(\N)Cl)=C(N)N)cn1. The molecular weight excluding hydrogens is 374 g/mol. The standard InChI is InChI=1S/C17H28ClN5O4/c1-17(2,3)27-15(24)11-26-7-6-25-5-4-23-10-12(9-22-23)13(16(20)21)8-14(18)19/h8-10H,4-7,11,19-21H2,1-3H3/b14-8-. The maximum absolute atomic E-state index is 11.5. The van der Waals surface area contributed by atoms with Crippen LogP contribution in [0.25, 0.3) is 5.57 Å². The first-order valence-corrected chi connectivity index (χ1v) is 8.74. The van der Waals surface area contributed by atoms with E-state index in [1.165, 1.54) is 6.08 Å². The topological polar surface area (TPSA) is 141 Å². The fraction of sp³-hybridized carbons (Fsp3) is 0.529. The fourth-order valence-electron chi connectivity index (χ4n) is 2.00. The molecule has 0 saturated heterocycles. The van der Waals surface area contributed by atoms with Gasteiger partial charge in [-0.05, 0) is 26.8 Å². The minimum atomic E-state index is -0.519. The van der Waals surface area contributed by atoms with Gasteiger partial charge >= 0.3 is 5.97 Å². The Balaban J connectivity index is 2.29. The van der Waals surface area contributed by atoms with Crippen LogP contribution in [0.3, 0.4) is 0 Å². The highest BCUT2D eigenvalue weighted by atomic mass is 35.5. The number of carbonyl (C=O) groups excluding carboxylic acids is 1. The Morgan fingerprint density at radius 2 is 1.89 bits per heavy atom. The summed E-state index contributed by atoms with van der Waals surface area (Å²) in [5, 5.41) is 4.27. The molecule has 27 heavy (non-hydrogen) atoms. The Hall–Kier alpha value is -2.23. The van der Waals surface area contributed by atoms with Gasteiger partial charge in [-0.3, -0.25) is 4.68 Å². The van der Waals surface area contributed by atoms with Crippen LogP contribution in [0.4, 0.5) is 0 Å². The van der Waals surface area contributed by atoms with E-state index in [4.69, 9.17) is 43.0 Å². The molecule has 1 aromatic rings. The Morgan fingerprint density at radius 3 is 2.48 bits per heavy atom. The van der Waals surface area contributed by atoms with Crippen molar-refractivity contribution < 1.29 is 19.0 Å². The van der Waals surface area contributed by atoms with Crippen LogP contribution in [-0.2, 0) is 25.5 Å². The van der Waals surface area contributed by atoms with Gasteiger partial charge in [0, 0.05) is 17.3 Å². The van der Waals surface area contributed by atoms with Crippen molar-refractivity contribution >= 4 is 23.1 Å². The summed E-state index contributed by atoms with van der Waals surface area (Å²) < 4.78 is 17.5. The second kappa shape index (κ2) is 10.8. The monoisotopic (exact) mass is 401 g/mol. The summed E-state index contributed by atoms with van der Waals surface area (Å²) in [7, 11) is 0. The van der Waals surface area contributed by atoms with E-state index < -0.39 is 11.6 Å².